The number of carbonyl (C=O) groups excluding carboxylic acids is 1. The van der Waals surface area contributed by atoms with Gasteiger partial charge in [0, 0.05) is 12.2 Å². The summed E-state index contributed by atoms with van der Waals surface area (Å²) >= 11 is 0. The maximum Gasteiger partial charge on any atom is 0.326 e. The minimum absolute atomic E-state index is 0.106. The Morgan fingerprint density at radius 2 is 1.63 bits per heavy atom. The van der Waals surface area contributed by atoms with Crippen LogP contribution in [-0.2, 0) is 24.2 Å². The first-order chi connectivity index (χ1) is 12.5. The molecule has 0 bridgehead atoms. The molecule has 10 heteroatoms. The molecule has 0 spiro atoms. The van der Waals surface area contributed by atoms with Crippen molar-refractivity contribution in [2.45, 2.75) is 64.5 Å². The smallest absolute Gasteiger partial charge is 0.326 e. The number of carbonyl (C=O) groups is 3. The van der Waals surface area contributed by atoms with Crippen molar-refractivity contribution in [1.29, 1.82) is 0 Å². The lowest BCUT2D eigenvalue weighted by Gasteiger charge is -2.22. The molecule has 0 aromatic rings. The number of carboxylic acid groups (broad SMARTS) is 2. The third-order valence-electron chi connectivity index (χ3n) is 4.16. The van der Waals surface area contributed by atoms with Gasteiger partial charge in [0.15, 0.2) is 0 Å². The number of rotatable bonds is 11. The van der Waals surface area contributed by atoms with Gasteiger partial charge in [-0.2, -0.15) is 0 Å². The van der Waals surface area contributed by atoms with Crippen molar-refractivity contribution in [3.05, 3.63) is 0 Å². The number of nitrogens with one attached hydrogen (secondary N) is 2. The van der Waals surface area contributed by atoms with E-state index in [0.29, 0.717) is 12.8 Å². The average Bonchev–Trinajstić information content (AvgIpc) is 2.48. The van der Waals surface area contributed by atoms with Crippen molar-refractivity contribution in [3.63, 3.8) is 0 Å². The van der Waals surface area contributed by atoms with E-state index < -0.39 is 27.8 Å². The summed E-state index contributed by atoms with van der Waals surface area (Å²) in [7, 11) is -3.24. The standard InChI is InChI=1S/C13H25NO5S.C4H7NO2/c1-4-6-10(7-5-2)12(15)14-11(13(16)17)8-9-20(3,18)19;6-4(7)3-1-2-5-3/h10-11H,4-9H2,1-3H3,(H,14,15)(H,16,17);3,5H,1-2H2,(H,6,7)/t11-;/m0./s1. The molecule has 1 heterocycles. The highest BCUT2D eigenvalue weighted by Gasteiger charge is 2.25. The first-order valence-corrected chi connectivity index (χ1v) is 11.2. The quantitative estimate of drug-likeness (QED) is 0.389. The average molecular weight is 409 g/mol. The Labute approximate surface area is 160 Å². The lowest BCUT2D eigenvalue weighted by Crippen LogP contribution is -2.48. The van der Waals surface area contributed by atoms with Crippen LogP contribution < -0.4 is 10.6 Å². The van der Waals surface area contributed by atoms with Crippen molar-refractivity contribution in [1.82, 2.24) is 10.6 Å². The van der Waals surface area contributed by atoms with E-state index in [-0.39, 0.29) is 30.0 Å². The van der Waals surface area contributed by atoms with Crippen LogP contribution >= 0.6 is 0 Å². The summed E-state index contributed by atoms with van der Waals surface area (Å²) in [5.41, 5.74) is 0. The van der Waals surface area contributed by atoms with Gasteiger partial charge >= 0.3 is 11.9 Å². The van der Waals surface area contributed by atoms with Gasteiger partial charge in [0.2, 0.25) is 5.91 Å². The van der Waals surface area contributed by atoms with Crippen molar-refractivity contribution >= 4 is 27.7 Å². The first kappa shape index (κ1) is 25.3. The van der Waals surface area contributed by atoms with Crippen LogP contribution in [0.25, 0.3) is 0 Å². The highest BCUT2D eigenvalue weighted by Crippen LogP contribution is 2.14. The Balaban J connectivity index is 0.000000797. The summed E-state index contributed by atoms with van der Waals surface area (Å²) in [6.07, 6.45) is 4.83. The van der Waals surface area contributed by atoms with Crippen LogP contribution in [0.1, 0.15) is 52.4 Å². The van der Waals surface area contributed by atoms with Crippen LogP contribution in [0.3, 0.4) is 0 Å². The molecular formula is C17H32N2O7S. The summed E-state index contributed by atoms with van der Waals surface area (Å²) in [6.45, 7) is 4.79. The summed E-state index contributed by atoms with van der Waals surface area (Å²) < 4.78 is 22.2. The molecule has 2 atom stereocenters. The van der Waals surface area contributed by atoms with Crippen molar-refractivity contribution in [3.8, 4) is 0 Å². The van der Waals surface area contributed by atoms with E-state index in [4.69, 9.17) is 10.2 Å². The Hall–Kier alpha value is -1.68. The largest absolute Gasteiger partial charge is 0.480 e. The number of aliphatic carboxylic acids is 2. The van der Waals surface area contributed by atoms with Gasteiger partial charge in [0.1, 0.15) is 21.9 Å². The second-order valence-corrected chi connectivity index (χ2v) is 8.99. The van der Waals surface area contributed by atoms with Crippen LogP contribution in [0.5, 0.6) is 0 Å². The van der Waals surface area contributed by atoms with Crippen molar-refractivity contribution in [2.75, 3.05) is 18.6 Å². The monoisotopic (exact) mass is 408 g/mol. The topological polar surface area (TPSA) is 150 Å². The molecule has 0 aromatic heterocycles. The van der Waals surface area contributed by atoms with Crippen molar-refractivity contribution in [2.24, 2.45) is 5.92 Å². The maximum atomic E-state index is 12.0. The zero-order valence-electron chi connectivity index (χ0n) is 16.2. The minimum Gasteiger partial charge on any atom is -0.480 e. The van der Waals surface area contributed by atoms with Crippen molar-refractivity contribution < 1.29 is 33.0 Å². The predicted molar refractivity (Wildman–Crippen MR) is 101 cm³/mol. The van der Waals surface area contributed by atoms with E-state index in [2.05, 4.69) is 10.6 Å². The number of hydrogen-bond acceptors (Lipinski definition) is 6. The minimum atomic E-state index is -3.24. The molecule has 0 radical (unpaired) electrons. The first-order valence-electron chi connectivity index (χ1n) is 9.18. The third kappa shape index (κ3) is 11.6. The molecule has 0 saturated carbocycles. The second-order valence-electron chi connectivity index (χ2n) is 6.73. The maximum absolute atomic E-state index is 12.0. The van der Waals surface area contributed by atoms with Gasteiger partial charge in [-0.25, -0.2) is 13.2 Å². The number of amides is 1. The summed E-state index contributed by atoms with van der Waals surface area (Å²) in [5, 5.41) is 22.4. The summed E-state index contributed by atoms with van der Waals surface area (Å²) in [4.78, 5) is 33.0. The fraction of sp³-hybridized carbons (Fsp3) is 0.824. The van der Waals surface area contributed by atoms with E-state index >= 15 is 0 Å². The number of carboxylic acids is 2. The highest BCUT2D eigenvalue weighted by atomic mass is 32.2. The molecule has 0 aliphatic carbocycles. The fourth-order valence-electron chi connectivity index (χ4n) is 2.48. The lowest BCUT2D eigenvalue weighted by molar-refractivity contribution is -0.142. The van der Waals surface area contributed by atoms with Gasteiger partial charge in [-0.15, -0.1) is 0 Å². The van der Waals surface area contributed by atoms with E-state index in [1.54, 1.807) is 0 Å². The van der Waals surface area contributed by atoms with Crippen LogP contribution in [-0.4, -0.2) is 67.1 Å². The molecule has 1 aliphatic rings. The van der Waals surface area contributed by atoms with Gasteiger partial charge in [0.25, 0.3) is 0 Å². The van der Waals surface area contributed by atoms with Gasteiger partial charge in [-0.3, -0.25) is 9.59 Å². The SMILES string of the molecule is CCCC(CCC)C(=O)N[C@@H](CCS(C)(=O)=O)C(=O)O.O=C(O)C1CCN1. The number of sulfone groups is 1. The third-order valence-corrected chi connectivity index (χ3v) is 5.14. The molecular weight excluding hydrogens is 376 g/mol. The van der Waals surface area contributed by atoms with E-state index in [1.165, 1.54) is 0 Å². The Morgan fingerprint density at radius 1 is 1.11 bits per heavy atom. The Morgan fingerprint density at radius 3 is 1.89 bits per heavy atom. The van der Waals surface area contributed by atoms with Crippen LogP contribution in [0.15, 0.2) is 0 Å². The van der Waals surface area contributed by atoms with Crippen LogP contribution in [0.2, 0.25) is 0 Å². The van der Waals surface area contributed by atoms with E-state index in [0.717, 1.165) is 32.1 Å². The molecule has 1 amide bonds. The molecule has 1 unspecified atom stereocenters. The molecule has 9 nitrogen and oxygen atoms in total. The second kappa shape index (κ2) is 12.7. The molecule has 1 rings (SSSR count). The predicted octanol–water partition coefficient (Wildman–Crippen LogP) is 0.640. The molecule has 27 heavy (non-hydrogen) atoms. The van der Waals surface area contributed by atoms with Gasteiger partial charge in [0.05, 0.1) is 5.75 Å². The van der Waals surface area contributed by atoms with Gasteiger partial charge in [-0.1, -0.05) is 26.7 Å². The molecule has 1 fully saturated rings. The Bertz CT molecular complexity index is 582. The number of hydrogen-bond donors (Lipinski definition) is 4. The molecule has 1 aliphatic heterocycles. The zero-order chi connectivity index (χ0) is 21.0. The molecule has 4 N–H and O–H groups in total. The molecule has 1 saturated heterocycles. The van der Waals surface area contributed by atoms with Crippen LogP contribution in [0.4, 0.5) is 0 Å². The Kier molecular flexibility index (Phi) is 11.9. The zero-order valence-corrected chi connectivity index (χ0v) is 17.0. The normalized spacial score (nSPS) is 17.3. The molecule has 0 aromatic carbocycles. The lowest BCUT2D eigenvalue weighted by atomic mass is 9.97. The van der Waals surface area contributed by atoms with E-state index in [1.807, 2.05) is 13.8 Å². The summed E-state index contributed by atoms with van der Waals surface area (Å²) in [5.74, 6) is -2.68. The summed E-state index contributed by atoms with van der Waals surface area (Å²) in [6, 6.07) is -1.39. The van der Waals surface area contributed by atoms with Gasteiger partial charge < -0.3 is 20.8 Å². The van der Waals surface area contributed by atoms with Crippen LogP contribution in [0, 0.1) is 5.92 Å². The molecule has 158 valence electrons. The fourth-order valence-corrected chi connectivity index (χ4v) is 3.15. The highest BCUT2D eigenvalue weighted by molar-refractivity contribution is 7.90. The van der Waals surface area contributed by atoms with Gasteiger partial charge in [-0.05, 0) is 32.2 Å². The van der Waals surface area contributed by atoms with E-state index in [9.17, 15) is 22.8 Å².